The molecule has 2 aromatic carbocycles. The molecule has 4 aromatic rings. The molecule has 14 heteroatoms. The van der Waals surface area contributed by atoms with E-state index in [2.05, 4.69) is 31.0 Å². The van der Waals surface area contributed by atoms with Crippen molar-refractivity contribution in [3.8, 4) is 11.6 Å². The molecule has 2 aromatic heterocycles. The molecule has 0 saturated heterocycles. The minimum atomic E-state index is -0.703. The van der Waals surface area contributed by atoms with E-state index in [1.54, 1.807) is 18.2 Å². The lowest BCUT2D eigenvalue weighted by atomic mass is 9.95. The lowest BCUT2D eigenvalue weighted by Crippen LogP contribution is -2.29. The number of nitrogens with zero attached hydrogens (tertiary/aromatic N) is 6. The van der Waals surface area contributed by atoms with Gasteiger partial charge >= 0.3 is 5.69 Å². The first kappa shape index (κ1) is 26.8. The van der Waals surface area contributed by atoms with Crippen molar-refractivity contribution in [2.75, 3.05) is 0 Å². The van der Waals surface area contributed by atoms with Gasteiger partial charge in [-0.15, -0.1) is 0 Å². The Bertz CT molecular complexity index is 1680. The molecule has 0 amide bonds. The van der Waals surface area contributed by atoms with Crippen LogP contribution in [-0.2, 0) is 5.41 Å². The molecule has 0 aliphatic rings. The Morgan fingerprint density at radius 3 is 2.45 bits per heavy atom. The summed E-state index contributed by atoms with van der Waals surface area (Å²) in [4.78, 5) is 43.3. The zero-order valence-corrected chi connectivity index (χ0v) is 22.4. The first-order valence-electron chi connectivity index (χ1n) is 10.9. The highest BCUT2D eigenvalue weighted by Gasteiger charge is 2.25. The van der Waals surface area contributed by atoms with Crippen LogP contribution in [0, 0.1) is 20.2 Å². The van der Waals surface area contributed by atoms with E-state index >= 15 is 0 Å². The third-order valence-electron chi connectivity index (χ3n) is 5.19. The van der Waals surface area contributed by atoms with Crippen LogP contribution in [0.25, 0.3) is 10.9 Å². The van der Waals surface area contributed by atoms with Gasteiger partial charge in [-0.3, -0.25) is 25.0 Å². The number of nitro groups is 2. The van der Waals surface area contributed by atoms with E-state index in [4.69, 9.17) is 16.3 Å². The van der Waals surface area contributed by atoms with Gasteiger partial charge in [-0.05, 0) is 24.3 Å². The highest BCUT2D eigenvalue weighted by Crippen LogP contribution is 2.36. The van der Waals surface area contributed by atoms with Gasteiger partial charge in [0.15, 0.2) is 0 Å². The first-order valence-corrected chi connectivity index (χ1v) is 12.1. The zero-order chi connectivity index (χ0) is 27.8. The van der Waals surface area contributed by atoms with Gasteiger partial charge < -0.3 is 4.74 Å². The summed E-state index contributed by atoms with van der Waals surface area (Å²) < 4.78 is 7.46. The average Bonchev–Trinajstić information content (AvgIpc) is 2.84. The Morgan fingerprint density at radius 1 is 1.11 bits per heavy atom. The number of fused-ring (bicyclic) bond motifs is 1. The fraction of sp³-hybridized carbons (Fsp3) is 0.167. The van der Waals surface area contributed by atoms with Crippen molar-refractivity contribution in [3.05, 3.63) is 100 Å². The molecule has 0 radical (unpaired) electrons. The van der Waals surface area contributed by atoms with Gasteiger partial charge in [0.2, 0.25) is 11.6 Å². The average molecular weight is 602 g/mol. The second-order valence-corrected chi connectivity index (χ2v) is 10.4. The molecule has 0 unspecified atom stereocenters. The molecular weight excluding hydrogens is 584 g/mol. The topological polar surface area (TPSA) is 156 Å². The summed E-state index contributed by atoms with van der Waals surface area (Å²) in [5, 5.41) is 27.4. The van der Waals surface area contributed by atoms with Crippen LogP contribution in [0.4, 0.5) is 11.4 Å². The van der Waals surface area contributed by atoms with Crippen LogP contribution in [0.3, 0.4) is 0 Å². The minimum Gasteiger partial charge on any atom is -0.431 e. The Balaban J connectivity index is 1.89. The summed E-state index contributed by atoms with van der Waals surface area (Å²) in [6, 6.07) is 9.91. The molecule has 0 fully saturated rings. The van der Waals surface area contributed by atoms with Crippen molar-refractivity contribution >= 4 is 56.0 Å². The van der Waals surface area contributed by atoms with Crippen LogP contribution in [0.15, 0.2) is 63.0 Å². The van der Waals surface area contributed by atoms with E-state index in [1.807, 2.05) is 20.8 Å². The quantitative estimate of drug-likeness (QED) is 0.148. The maximum atomic E-state index is 13.4. The van der Waals surface area contributed by atoms with Crippen molar-refractivity contribution in [2.45, 2.75) is 26.2 Å². The second kappa shape index (κ2) is 10.3. The number of hydrogen-bond donors (Lipinski definition) is 0. The maximum Gasteiger partial charge on any atom is 0.313 e. The Labute approximate surface area is 228 Å². The molecule has 2 heterocycles. The van der Waals surface area contributed by atoms with Crippen LogP contribution in [0.5, 0.6) is 11.6 Å². The number of nitro benzene ring substituents is 1. The number of hydrogen-bond acceptors (Lipinski definition) is 9. The van der Waals surface area contributed by atoms with Gasteiger partial charge in [-0.2, -0.15) is 9.78 Å². The minimum absolute atomic E-state index is 0.0196. The fourth-order valence-electron chi connectivity index (χ4n) is 3.45. The van der Waals surface area contributed by atoms with Crippen LogP contribution >= 0.6 is 27.5 Å². The van der Waals surface area contributed by atoms with E-state index in [1.165, 1.54) is 18.3 Å². The van der Waals surface area contributed by atoms with E-state index in [-0.39, 0.29) is 27.9 Å². The van der Waals surface area contributed by atoms with E-state index in [9.17, 15) is 25.0 Å². The Kier molecular flexibility index (Phi) is 7.24. The predicted molar refractivity (Wildman–Crippen MR) is 144 cm³/mol. The Morgan fingerprint density at radius 2 is 1.84 bits per heavy atom. The van der Waals surface area contributed by atoms with Gasteiger partial charge in [-0.25, -0.2) is 9.97 Å². The largest absolute Gasteiger partial charge is 0.431 e. The standard InChI is InChI=1S/C24H18BrClN6O6/c1-24(2,3)23-29-18-6-4-14(25)9-17(18)22(33)30(23)28-11-13-8-15(26)10-19(32(36)37)21(13)38-20-7-5-16(12-27-20)31(34)35/h4-12H,1-3H3. The highest BCUT2D eigenvalue weighted by atomic mass is 79.9. The predicted octanol–water partition coefficient (Wildman–Crippen LogP) is 6.00. The summed E-state index contributed by atoms with van der Waals surface area (Å²) in [5.74, 6) is -0.0589. The lowest BCUT2D eigenvalue weighted by molar-refractivity contribution is -0.385. The number of benzene rings is 2. The lowest BCUT2D eigenvalue weighted by Gasteiger charge is -2.21. The SMILES string of the molecule is CC(C)(C)c1nc2ccc(Br)cc2c(=O)n1N=Cc1cc(Cl)cc([N+](=O)[O-])c1Oc1ccc([N+](=O)[O-])cn1. The monoisotopic (exact) mass is 600 g/mol. The van der Waals surface area contributed by atoms with E-state index in [0.29, 0.717) is 21.2 Å². The molecule has 0 spiro atoms. The van der Waals surface area contributed by atoms with Crippen molar-refractivity contribution in [1.29, 1.82) is 0 Å². The van der Waals surface area contributed by atoms with Gasteiger partial charge in [-0.1, -0.05) is 48.3 Å². The van der Waals surface area contributed by atoms with Crippen molar-refractivity contribution < 1.29 is 14.6 Å². The molecule has 0 bridgehead atoms. The van der Waals surface area contributed by atoms with Gasteiger partial charge in [0.25, 0.3) is 11.2 Å². The molecule has 0 atom stereocenters. The molecule has 0 aliphatic heterocycles. The van der Waals surface area contributed by atoms with Crippen LogP contribution in [0.1, 0.15) is 32.2 Å². The second-order valence-electron chi connectivity index (χ2n) is 9.02. The Hall–Kier alpha value is -4.23. The maximum absolute atomic E-state index is 13.4. The number of ether oxygens (including phenoxy) is 1. The third kappa shape index (κ3) is 5.53. The van der Waals surface area contributed by atoms with Crippen LogP contribution in [-0.4, -0.2) is 30.7 Å². The summed E-state index contributed by atoms with van der Waals surface area (Å²) in [7, 11) is 0. The highest BCUT2D eigenvalue weighted by molar-refractivity contribution is 9.10. The fourth-order valence-corrected chi connectivity index (χ4v) is 4.03. The smallest absolute Gasteiger partial charge is 0.313 e. The molecule has 12 nitrogen and oxygen atoms in total. The molecular formula is C24H18BrClN6O6. The van der Waals surface area contributed by atoms with Gasteiger partial charge in [0.1, 0.15) is 12.0 Å². The van der Waals surface area contributed by atoms with E-state index in [0.717, 1.165) is 23.0 Å². The zero-order valence-electron chi connectivity index (χ0n) is 20.1. The summed E-state index contributed by atoms with van der Waals surface area (Å²) >= 11 is 9.49. The van der Waals surface area contributed by atoms with Crippen molar-refractivity contribution in [1.82, 2.24) is 14.6 Å². The molecule has 0 saturated carbocycles. The molecule has 194 valence electrons. The molecule has 4 rings (SSSR count). The number of aromatic nitrogens is 3. The van der Waals surface area contributed by atoms with Gasteiger partial charge in [0.05, 0.1) is 27.0 Å². The summed E-state index contributed by atoms with van der Waals surface area (Å²) in [6.45, 7) is 5.60. The normalized spacial score (nSPS) is 11.7. The van der Waals surface area contributed by atoms with E-state index < -0.39 is 26.5 Å². The number of pyridine rings is 1. The van der Waals surface area contributed by atoms with Crippen molar-refractivity contribution in [2.24, 2.45) is 5.10 Å². The molecule has 0 aliphatic carbocycles. The van der Waals surface area contributed by atoms with Crippen molar-refractivity contribution in [3.63, 3.8) is 0 Å². The first-order chi connectivity index (χ1) is 17.8. The molecule has 0 N–H and O–H groups in total. The van der Waals surface area contributed by atoms with Crippen LogP contribution < -0.4 is 10.3 Å². The summed E-state index contributed by atoms with van der Waals surface area (Å²) in [6.07, 6.45) is 2.15. The van der Waals surface area contributed by atoms with Crippen LogP contribution in [0.2, 0.25) is 5.02 Å². The number of rotatable bonds is 6. The third-order valence-corrected chi connectivity index (χ3v) is 5.90. The number of halogens is 2. The summed E-state index contributed by atoms with van der Waals surface area (Å²) in [5.41, 5.74) is -1.28. The molecule has 38 heavy (non-hydrogen) atoms. The van der Waals surface area contributed by atoms with Gasteiger partial charge in [0, 0.05) is 38.7 Å².